The Kier molecular flexibility index (Phi) is 4.52. The number of hydrogen-bond donors (Lipinski definition) is 0. The van der Waals surface area contributed by atoms with Gasteiger partial charge in [-0.25, -0.2) is 0 Å². The van der Waals surface area contributed by atoms with Crippen LogP contribution in [-0.2, 0) is 0 Å². The van der Waals surface area contributed by atoms with E-state index in [0.717, 1.165) is 16.9 Å². The molecule has 0 atom stereocenters. The number of pyridine rings is 1. The molecule has 3 heteroatoms. The summed E-state index contributed by atoms with van der Waals surface area (Å²) in [5.74, 6) is 0. The second kappa shape index (κ2) is 8.19. The molecule has 0 amide bonds. The van der Waals surface area contributed by atoms with Crippen LogP contribution in [0.4, 0.5) is 0 Å². The Morgan fingerprint density at radius 3 is 2.08 bits per heavy atom. The highest BCUT2D eigenvalue weighted by Gasteiger charge is 2.14. The molecular weight excluding hydrogens is 462 g/mol. The van der Waals surface area contributed by atoms with E-state index in [1.807, 2.05) is 24.4 Å². The summed E-state index contributed by atoms with van der Waals surface area (Å²) in [4.78, 5) is 4.52. The zero-order chi connectivity index (χ0) is 25.1. The van der Waals surface area contributed by atoms with Gasteiger partial charge in [0.15, 0.2) is 0 Å². The minimum Gasteiger partial charge on any atom is -0.317 e. The van der Waals surface area contributed by atoms with Crippen molar-refractivity contribution in [3.63, 3.8) is 0 Å². The van der Waals surface area contributed by atoms with E-state index in [2.05, 4.69) is 130 Å². The summed E-state index contributed by atoms with van der Waals surface area (Å²) in [6.45, 7) is 0. The van der Waals surface area contributed by atoms with Crippen molar-refractivity contribution in [3.8, 4) is 22.6 Å². The SMILES string of the molecule is c1ccc(-n2ccc3cc4cc5c6ccccc6n(-c6ccc(-c7ccccn7)cc6)c5cc4cc32)cc1. The molecular formula is C35H23N3. The van der Waals surface area contributed by atoms with Gasteiger partial charge in [0.2, 0.25) is 0 Å². The second-order valence-electron chi connectivity index (χ2n) is 9.76. The summed E-state index contributed by atoms with van der Waals surface area (Å²) in [5.41, 5.74) is 8.05. The molecule has 8 rings (SSSR count). The van der Waals surface area contributed by atoms with Gasteiger partial charge in [-0.2, -0.15) is 0 Å². The lowest BCUT2D eigenvalue weighted by Gasteiger charge is -2.10. The van der Waals surface area contributed by atoms with Crippen LogP contribution in [0.2, 0.25) is 0 Å². The molecule has 0 unspecified atom stereocenters. The Labute approximate surface area is 219 Å². The number of aromatic nitrogens is 3. The van der Waals surface area contributed by atoms with Gasteiger partial charge in [0, 0.05) is 45.5 Å². The summed E-state index contributed by atoms with van der Waals surface area (Å²) in [7, 11) is 0. The Balaban J connectivity index is 1.37. The molecule has 0 radical (unpaired) electrons. The van der Waals surface area contributed by atoms with Crippen LogP contribution in [0, 0.1) is 0 Å². The predicted octanol–water partition coefficient (Wildman–Crippen LogP) is 8.94. The molecule has 0 N–H and O–H groups in total. The van der Waals surface area contributed by atoms with Gasteiger partial charge in [-0.3, -0.25) is 4.98 Å². The van der Waals surface area contributed by atoms with Crippen molar-refractivity contribution in [1.29, 1.82) is 0 Å². The highest BCUT2D eigenvalue weighted by Crippen LogP contribution is 2.36. The van der Waals surface area contributed by atoms with Crippen molar-refractivity contribution in [2.45, 2.75) is 0 Å². The van der Waals surface area contributed by atoms with Crippen molar-refractivity contribution >= 4 is 43.5 Å². The van der Waals surface area contributed by atoms with Gasteiger partial charge in [-0.15, -0.1) is 0 Å². The van der Waals surface area contributed by atoms with E-state index in [0.29, 0.717) is 0 Å². The standard InChI is InChI=1S/C35H23N3/c1-2-8-28(9-3-1)37-19-17-25-20-26-21-31-30-10-4-5-12-33(30)38(35(31)23-27(26)22-34(25)37)29-15-13-24(14-16-29)32-11-6-7-18-36-32/h1-23H. The molecule has 3 nitrogen and oxygen atoms in total. The largest absolute Gasteiger partial charge is 0.317 e. The molecule has 178 valence electrons. The maximum absolute atomic E-state index is 4.52. The number of para-hydroxylation sites is 2. The van der Waals surface area contributed by atoms with Crippen molar-refractivity contribution in [1.82, 2.24) is 14.1 Å². The number of nitrogens with zero attached hydrogens (tertiary/aromatic N) is 3. The number of hydrogen-bond acceptors (Lipinski definition) is 1. The van der Waals surface area contributed by atoms with Crippen LogP contribution in [0.5, 0.6) is 0 Å². The van der Waals surface area contributed by atoms with Crippen LogP contribution >= 0.6 is 0 Å². The van der Waals surface area contributed by atoms with Crippen LogP contribution in [-0.4, -0.2) is 14.1 Å². The average Bonchev–Trinajstić information content (AvgIpc) is 3.54. The van der Waals surface area contributed by atoms with Crippen LogP contribution in [0.3, 0.4) is 0 Å². The lowest BCUT2D eigenvalue weighted by Crippen LogP contribution is -1.94. The second-order valence-corrected chi connectivity index (χ2v) is 9.76. The van der Waals surface area contributed by atoms with E-state index in [1.165, 1.54) is 49.2 Å². The third-order valence-corrected chi connectivity index (χ3v) is 7.56. The lowest BCUT2D eigenvalue weighted by molar-refractivity contribution is 1.13. The van der Waals surface area contributed by atoms with Gasteiger partial charge in [0.05, 0.1) is 22.2 Å². The fourth-order valence-electron chi connectivity index (χ4n) is 5.75. The minimum absolute atomic E-state index is 0.984. The smallest absolute Gasteiger partial charge is 0.0701 e. The van der Waals surface area contributed by atoms with E-state index in [1.54, 1.807) is 0 Å². The van der Waals surface area contributed by atoms with Gasteiger partial charge >= 0.3 is 0 Å². The first-order valence-electron chi connectivity index (χ1n) is 12.9. The molecule has 0 aliphatic rings. The van der Waals surface area contributed by atoms with E-state index < -0.39 is 0 Å². The predicted molar refractivity (Wildman–Crippen MR) is 158 cm³/mol. The van der Waals surface area contributed by atoms with E-state index in [-0.39, 0.29) is 0 Å². The quantitative estimate of drug-likeness (QED) is 0.245. The maximum atomic E-state index is 4.52. The normalized spacial score (nSPS) is 11.7. The maximum Gasteiger partial charge on any atom is 0.0701 e. The zero-order valence-electron chi connectivity index (χ0n) is 20.6. The molecule has 0 bridgehead atoms. The van der Waals surface area contributed by atoms with Gasteiger partial charge in [0.25, 0.3) is 0 Å². The number of fused-ring (bicyclic) bond motifs is 5. The summed E-state index contributed by atoms with van der Waals surface area (Å²) >= 11 is 0. The number of benzene rings is 5. The molecule has 0 spiro atoms. The molecule has 3 aromatic heterocycles. The average molecular weight is 486 g/mol. The van der Waals surface area contributed by atoms with Crippen molar-refractivity contribution in [2.75, 3.05) is 0 Å². The van der Waals surface area contributed by atoms with Gasteiger partial charge in [-0.05, 0) is 83.6 Å². The molecule has 0 aliphatic heterocycles. The first-order chi connectivity index (χ1) is 18.8. The molecule has 0 aliphatic carbocycles. The van der Waals surface area contributed by atoms with Gasteiger partial charge in [-0.1, -0.05) is 54.6 Å². The highest BCUT2D eigenvalue weighted by molar-refractivity contribution is 6.15. The van der Waals surface area contributed by atoms with Crippen molar-refractivity contribution in [2.24, 2.45) is 0 Å². The van der Waals surface area contributed by atoms with Gasteiger partial charge in [0.1, 0.15) is 0 Å². The van der Waals surface area contributed by atoms with E-state index >= 15 is 0 Å². The molecule has 3 heterocycles. The Bertz CT molecular complexity index is 2100. The first kappa shape index (κ1) is 21.0. The Morgan fingerprint density at radius 2 is 1.24 bits per heavy atom. The van der Waals surface area contributed by atoms with Crippen LogP contribution in [0.15, 0.2) is 140 Å². The van der Waals surface area contributed by atoms with Crippen LogP contribution in [0.1, 0.15) is 0 Å². The Hall–Kier alpha value is -5.15. The van der Waals surface area contributed by atoms with E-state index in [9.17, 15) is 0 Å². The molecule has 0 fully saturated rings. The topological polar surface area (TPSA) is 22.8 Å². The third kappa shape index (κ3) is 3.19. The minimum atomic E-state index is 0.984. The third-order valence-electron chi connectivity index (χ3n) is 7.56. The van der Waals surface area contributed by atoms with Crippen LogP contribution < -0.4 is 0 Å². The van der Waals surface area contributed by atoms with Crippen molar-refractivity contribution < 1.29 is 0 Å². The molecule has 5 aromatic carbocycles. The zero-order valence-corrected chi connectivity index (χ0v) is 20.6. The van der Waals surface area contributed by atoms with Crippen LogP contribution in [0.25, 0.3) is 66.1 Å². The first-order valence-corrected chi connectivity index (χ1v) is 12.9. The van der Waals surface area contributed by atoms with Crippen molar-refractivity contribution in [3.05, 3.63) is 140 Å². The molecule has 8 aromatic rings. The summed E-state index contributed by atoms with van der Waals surface area (Å²) in [6, 6.07) is 45.5. The molecule has 0 saturated carbocycles. The number of rotatable bonds is 3. The monoisotopic (exact) mass is 485 g/mol. The van der Waals surface area contributed by atoms with E-state index in [4.69, 9.17) is 0 Å². The fraction of sp³-hybridized carbons (Fsp3) is 0. The van der Waals surface area contributed by atoms with Gasteiger partial charge < -0.3 is 9.13 Å². The summed E-state index contributed by atoms with van der Waals surface area (Å²) < 4.78 is 4.65. The molecule has 38 heavy (non-hydrogen) atoms. The summed E-state index contributed by atoms with van der Waals surface area (Å²) in [6.07, 6.45) is 4.00. The summed E-state index contributed by atoms with van der Waals surface area (Å²) in [5, 5.41) is 6.26. The Morgan fingerprint density at radius 1 is 0.474 bits per heavy atom. The highest BCUT2D eigenvalue weighted by atomic mass is 15.0. The lowest BCUT2D eigenvalue weighted by atomic mass is 10.0. The fourth-order valence-corrected chi connectivity index (χ4v) is 5.75. The molecule has 0 saturated heterocycles.